The molecule has 0 bridgehead atoms. The SMILES string of the molecule is CC=C[C@@H]1C[C@H](C(=O)OC(C)(C)C)N(C(=O)OC(C)(C)C)[C@H]1C1CO1. The molecule has 0 N–H and O–H groups in total. The lowest BCUT2D eigenvalue weighted by Crippen LogP contribution is -2.50. The standard InChI is InChI=1S/C19H31NO5/c1-8-9-12-10-13(16(21)24-18(2,3)4)20(15(12)14-11-23-14)17(22)25-19(5,6)7/h8-9,12-15H,10-11H2,1-7H3/t12-,13-,14?,15-/m1/s1. The van der Waals surface area contributed by atoms with Gasteiger partial charge in [-0.05, 0) is 54.9 Å². The van der Waals surface area contributed by atoms with Crippen LogP contribution in [0, 0.1) is 5.92 Å². The number of hydrogen-bond donors (Lipinski definition) is 0. The smallest absolute Gasteiger partial charge is 0.411 e. The Labute approximate surface area is 150 Å². The van der Waals surface area contributed by atoms with E-state index in [0.29, 0.717) is 13.0 Å². The van der Waals surface area contributed by atoms with Gasteiger partial charge in [-0.1, -0.05) is 12.2 Å². The average Bonchev–Trinajstić information content (AvgIpc) is 3.16. The number of rotatable bonds is 3. The molecule has 0 saturated carbocycles. The van der Waals surface area contributed by atoms with Crippen LogP contribution in [0.4, 0.5) is 4.79 Å². The van der Waals surface area contributed by atoms with E-state index in [2.05, 4.69) is 0 Å². The van der Waals surface area contributed by atoms with Crippen LogP contribution in [0.15, 0.2) is 12.2 Å². The molecule has 142 valence electrons. The van der Waals surface area contributed by atoms with Crippen molar-refractivity contribution in [1.29, 1.82) is 0 Å². The number of carbonyl (C=O) groups is 2. The van der Waals surface area contributed by atoms with Crippen LogP contribution in [0.5, 0.6) is 0 Å². The quantitative estimate of drug-likeness (QED) is 0.442. The molecule has 2 aliphatic heterocycles. The van der Waals surface area contributed by atoms with Gasteiger partial charge in [0.1, 0.15) is 23.3 Å². The Balaban J connectivity index is 2.30. The molecule has 6 nitrogen and oxygen atoms in total. The molecule has 2 aliphatic rings. The molecule has 4 atom stereocenters. The molecule has 2 heterocycles. The average molecular weight is 353 g/mol. The molecule has 25 heavy (non-hydrogen) atoms. The predicted octanol–water partition coefficient (Wildman–Crippen LogP) is 3.30. The van der Waals surface area contributed by atoms with Crippen LogP contribution in [0.1, 0.15) is 54.9 Å². The summed E-state index contributed by atoms with van der Waals surface area (Å²) in [7, 11) is 0. The minimum Gasteiger partial charge on any atom is -0.458 e. The third-order valence-corrected chi connectivity index (χ3v) is 4.05. The third-order valence-electron chi connectivity index (χ3n) is 4.05. The Morgan fingerprint density at radius 3 is 2.08 bits per heavy atom. The van der Waals surface area contributed by atoms with Crippen LogP contribution in [0.3, 0.4) is 0 Å². The highest BCUT2D eigenvalue weighted by Gasteiger charge is 2.54. The first-order valence-electron chi connectivity index (χ1n) is 8.91. The Bertz CT molecular complexity index is 539. The first kappa shape index (κ1) is 19.8. The first-order valence-corrected chi connectivity index (χ1v) is 8.91. The van der Waals surface area contributed by atoms with Crippen LogP contribution < -0.4 is 0 Å². The molecule has 1 amide bonds. The predicted molar refractivity (Wildman–Crippen MR) is 94.2 cm³/mol. The second-order valence-electron chi connectivity index (χ2n) is 8.72. The summed E-state index contributed by atoms with van der Waals surface area (Å²) in [6.07, 6.45) is 3.96. The van der Waals surface area contributed by atoms with E-state index >= 15 is 0 Å². The van der Waals surface area contributed by atoms with Gasteiger partial charge in [0.15, 0.2) is 0 Å². The molecule has 2 fully saturated rings. The monoisotopic (exact) mass is 353 g/mol. The van der Waals surface area contributed by atoms with E-state index in [1.165, 1.54) is 0 Å². The number of amides is 1. The van der Waals surface area contributed by atoms with E-state index in [4.69, 9.17) is 14.2 Å². The molecular weight excluding hydrogens is 322 g/mol. The van der Waals surface area contributed by atoms with Crippen molar-refractivity contribution in [2.45, 2.75) is 84.3 Å². The highest BCUT2D eigenvalue weighted by Crippen LogP contribution is 2.39. The maximum Gasteiger partial charge on any atom is 0.411 e. The van der Waals surface area contributed by atoms with Gasteiger partial charge in [-0.2, -0.15) is 0 Å². The Hall–Kier alpha value is -1.56. The van der Waals surface area contributed by atoms with Gasteiger partial charge in [0.25, 0.3) is 0 Å². The normalized spacial score (nSPS) is 29.8. The van der Waals surface area contributed by atoms with E-state index in [0.717, 1.165) is 0 Å². The van der Waals surface area contributed by atoms with Crippen LogP contribution in [-0.2, 0) is 19.0 Å². The van der Waals surface area contributed by atoms with Gasteiger partial charge in [-0.15, -0.1) is 0 Å². The van der Waals surface area contributed by atoms with Crippen LogP contribution in [0.25, 0.3) is 0 Å². The Morgan fingerprint density at radius 2 is 1.64 bits per heavy atom. The maximum absolute atomic E-state index is 12.9. The van der Waals surface area contributed by atoms with Crippen LogP contribution in [0.2, 0.25) is 0 Å². The van der Waals surface area contributed by atoms with Crippen molar-refractivity contribution in [2.24, 2.45) is 5.92 Å². The fraction of sp³-hybridized carbons (Fsp3) is 0.789. The maximum atomic E-state index is 12.9. The largest absolute Gasteiger partial charge is 0.458 e. The minimum absolute atomic E-state index is 0.0440. The van der Waals surface area contributed by atoms with Crippen molar-refractivity contribution in [3.05, 3.63) is 12.2 Å². The van der Waals surface area contributed by atoms with E-state index in [9.17, 15) is 9.59 Å². The number of likely N-dealkylation sites (tertiary alicyclic amines) is 1. The third kappa shape index (κ3) is 5.21. The summed E-state index contributed by atoms with van der Waals surface area (Å²) in [4.78, 5) is 27.1. The van der Waals surface area contributed by atoms with Gasteiger partial charge in [0.2, 0.25) is 0 Å². The molecule has 6 heteroatoms. The number of ether oxygens (including phenoxy) is 3. The lowest BCUT2D eigenvalue weighted by Gasteiger charge is -2.33. The fourth-order valence-corrected chi connectivity index (χ4v) is 3.22. The van der Waals surface area contributed by atoms with Crippen molar-refractivity contribution in [1.82, 2.24) is 4.90 Å². The van der Waals surface area contributed by atoms with Gasteiger partial charge in [-0.3, -0.25) is 4.90 Å². The zero-order valence-corrected chi connectivity index (χ0v) is 16.4. The topological polar surface area (TPSA) is 68.4 Å². The van der Waals surface area contributed by atoms with Gasteiger partial charge in [0.05, 0.1) is 12.6 Å². The first-order chi connectivity index (χ1) is 11.4. The van der Waals surface area contributed by atoms with Gasteiger partial charge in [-0.25, -0.2) is 9.59 Å². The fourth-order valence-electron chi connectivity index (χ4n) is 3.22. The van der Waals surface area contributed by atoms with Crippen molar-refractivity contribution in [3.63, 3.8) is 0 Å². The van der Waals surface area contributed by atoms with Crippen molar-refractivity contribution >= 4 is 12.1 Å². The molecular formula is C19H31NO5. The number of allylic oxidation sites excluding steroid dienone is 1. The van der Waals surface area contributed by atoms with Crippen LogP contribution >= 0.6 is 0 Å². The molecule has 0 radical (unpaired) electrons. The highest BCUT2D eigenvalue weighted by atomic mass is 16.6. The Kier molecular flexibility index (Phi) is 5.52. The lowest BCUT2D eigenvalue weighted by atomic mass is 9.96. The summed E-state index contributed by atoms with van der Waals surface area (Å²) < 4.78 is 16.6. The molecule has 2 saturated heterocycles. The van der Waals surface area contributed by atoms with E-state index in [1.54, 1.807) is 4.90 Å². The summed E-state index contributed by atoms with van der Waals surface area (Å²) in [5.41, 5.74) is -1.25. The number of hydrogen-bond acceptors (Lipinski definition) is 5. The van der Waals surface area contributed by atoms with E-state index in [-0.39, 0.29) is 18.1 Å². The number of epoxide rings is 1. The van der Waals surface area contributed by atoms with Gasteiger partial charge >= 0.3 is 12.1 Å². The van der Waals surface area contributed by atoms with Crippen molar-refractivity contribution in [2.75, 3.05) is 6.61 Å². The molecule has 0 aliphatic carbocycles. The number of nitrogens with zero attached hydrogens (tertiary/aromatic N) is 1. The second kappa shape index (κ2) is 6.98. The van der Waals surface area contributed by atoms with E-state index in [1.807, 2.05) is 60.6 Å². The zero-order valence-electron chi connectivity index (χ0n) is 16.4. The molecule has 2 rings (SSSR count). The summed E-state index contributed by atoms with van der Waals surface area (Å²) in [6, 6.07) is -0.868. The summed E-state index contributed by atoms with van der Waals surface area (Å²) in [5, 5.41) is 0. The molecule has 0 aromatic heterocycles. The van der Waals surface area contributed by atoms with Crippen molar-refractivity contribution < 1.29 is 23.8 Å². The second-order valence-corrected chi connectivity index (χ2v) is 8.72. The zero-order chi connectivity index (χ0) is 19.0. The van der Waals surface area contributed by atoms with Gasteiger partial charge < -0.3 is 14.2 Å². The molecule has 0 spiro atoms. The lowest BCUT2D eigenvalue weighted by molar-refractivity contribution is -0.160. The molecule has 0 aromatic rings. The van der Waals surface area contributed by atoms with Crippen LogP contribution in [-0.4, -0.2) is 53.0 Å². The summed E-state index contributed by atoms with van der Waals surface area (Å²) >= 11 is 0. The van der Waals surface area contributed by atoms with Crippen molar-refractivity contribution in [3.8, 4) is 0 Å². The number of carbonyl (C=O) groups excluding carboxylic acids is 2. The Morgan fingerprint density at radius 1 is 1.08 bits per heavy atom. The minimum atomic E-state index is -0.663. The molecule has 1 unspecified atom stereocenters. The highest BCUT2D eigenvalue weighted by molar-refractivity contribution is 5.83. The summed E-state index contributed by atoms with van der Waals surface area (Å²) in [6.45, 7) is 13.4. The van der Waals surface area contributed by atoms with Gasteiger partial charge in [0, 0.05) is 5.92 Å². The van der Waals surface area contributed by atoms with E-state index < -0.39 is 29.3 Å². The number of esters is 1. The summed E-state index contributed by atoms with van der Waals surface area (Å²) in [5.74, 6) is -0.349. The molecule has 0 aromatic carbocycles.